The molecule has 0 aliphatic rings. The van der Waals surface area contributed by atoms with Gasteiger partial charge in [0.1, 0.15) is 0 Å². The highest BCUT2D eigenvalue weighted by atomic mass is 16.3. The maximum atomic E-state index is 12.5. The second kappa shape index (κ2) is 7.58. The lowest BCUT2D eigenvalue weighted by Gasteiger charge is -2.17. The van der Waals surface area contributed by atoms with E-state index in [1.807, 2.05) is 50.2 Å². The van der Waals surface area contributed by atoms with E-state index in [0.29, 0.717) is 12.0 Å². The highest BCUT2D eigenvalue weighted by molar-refractivity contribution is 5.94. The number of carbonyl (C=O) groups excluding carboxylic acids is 1. The topological polar surface area (TPSA) is 62.2 Å². The molecule has 0 radical (unpaired) electrons. The monoisotopic (exact) mass is 326 g/mol. The molecule has 0 spiro atoms. The Morgan fingerprint density at radius 3 is 2.62 bits per heavy atom. The Hall–Kier alpha value is -2.20. The van der Waals surface area contributed by atoms with Crippen LogP contribution >= 0.6 is 0 Å². The van der Waals surface area contributed by atoms with Crippen LogP contribution in [0.15, 0.2) is 42.5 Å². The van der Waals surface area contributed by atoms with Gasteiger partial charge >= 0.3 is 0 Å². The molecular formula is C20H26N2O2. The van der Waals surface area contributed by atoms with Gasteiger partial charge in [-0.3, -0.25) is 9.78 Å². The molecule has 0 bridgehead atoms. The van der Waals surface area contributed by atoms with Crippen LogP contribution in [0.3, 0.4) is 0 Å². The summed E-state index contributed by atoms with van der Waals surface area (Å²) in [6.07, 6.45) is 1.39. The molecule has 1 unspecified atom stereocenters. The number of aliphatic hydroxyl groups is 1. The third-order valence-corrected chi connectivity index (χ3v) is 3.92. The highest BCUT2D eigenvalue weighted by Gasteiger charge is 2.15. The standard InChI is InChI=1S/C20H26N2O2/c1-14-7-5-10-18(21-14)15(2)22-19(23)17-9-6-8-16(13-17)11-12-20(3,4)24/h5-10,13,15,24H,11-12H2,1-4H3,(H,22,23). The number of aryl methyl sites for hydroxylation is 2. The lowest BCUT2D eigenvalue weighted by atomic mass is 9.98. The molecule has 2 aromatic rings. The van der Waals surface area contributed by atoms with Gasteiger partial charge in [0.05, 0.1) is 17.3 Å². The summed E-state index contributed by atoms with van der Waals surface area (Å²) in [6, 6.07) is 13.2. The molecule has 4 heteroatoms. The Bertz CT molecular complexity index is 705. The van der Waals surface area contributed by atoms with Crippen LogP contribution in [0.25, 0.3) is 0 Å². The molecule has 0 aliphatic heterocycles. The third-order valence-electron chi connectivity index (χ3n) is 3.92. The van der Waals surface area contributed by atoms with Crippen molar-refractivity contribution < 1.29 is 9.90 Å². The summed E-state index contributed by atoms with van der Waals surface area (Å²) in [7, 11) is 0. The number of rotatable bonds is 6. The first-order valence-electron chi connectivity index (χ1n) is 8.30. The number of aromatic nitrogens is 1. The van der Waals surface area contributed by atoms with Crippen molar-refractivity contribution in [2.45, 2.75) is 52.2 Å². The van der Waals surface area contributed by atoms with E-state index in [1.165, 1.54) is 0 Å². The van der Waals surface area contributed by atoms with Crippen molar-refractivity contribution in [3.8, 4) is 0 Å². The zero-order chi connectivity index (χ0) is 17.7. The van der Waals surface area contributed by atoms with Crippen LogP contribution in [0.1, 0.15) is 60.5 Å². The molecule has 2 rings (SSSR count). The summed E-state index contributed by atoms with van der Waals surface area (Å²) in [5, 5.41) is 12.8. The molecule has 0 saturated carbocycles. The summed E-state index contributed by atoms with van der Waals surface area (Å²) in [6.45, 7) is 7.45. The lowest BCUT2D eigenvalue weighted by molar-refractivity contribution is 0.0714. The molecule has 24 heavy (non-hydrogen) atoms. The smallest absolute Gasteiger partial charge is 0.251 e. The van der Waals surface area contributed by atoms with E-state index in [4.69, 9.17) is 0 Å². The van der Waals surface area contributed by atoms with E-state index >= 15 is 0 Å². The number of hydrogen-bond donors (Lipinski definition) is 2. The van der Waals surface area contributed by atoms with Crippen LogP contribution in [0.4, 0.5) is 0 Å². The molecule has 1 heterocycles. The van der Waals surface area contributed by atoms with Crippen molar-refractivity contribution in [3.05, 3.63) is 65.0 Å². The van der Waals surface area contributed by atoms with Gasteiger partial charge in [0, 0.05) is 11.3 Å². The van der Waals surface area contributed by atoms with Crippen molar-refractivity contribution in [2.24, 2.45) is 0 Å². The highest BCUT2D eigenvalue weighted by Crippen LogP contribution is 2.16. The summed E-state index contributed by atoms with van der Waals surface area (Å²) in [5.74, 6) is -0.115. The normalized spacial score (nSPS) is 12.7. The average Bonchev–Trinajstić information content (AvgIpc) is 2.52. The zero-order valence-electron chi connectivity index (χ0n) is 14.8. The van der Waals surface area contributed by atoms with Crippen molar-refractivity contribution >= 4 is 5.91 Å². The molecular weight excluding hydrogens is 300 g/mol. The molecule has 0 saturated heterocycles. The van der Waals surface area contributed by atoms with Crippen LogP contribution in [0, 0.1) is 6.92 Å². The molecule has 1 atom stereocenters. The Balaban J connectivity index is 2.04. The van der Waals surface area contributed by atoms with Crippen molar-refractivity contribution in [1.82, 2.24) is 10.3 Å². The van der Waals surface area contributed by atoms with E-state index in [1.54, 1.807) is 19.9 Å². The fourth-order valence-electron chi connectivity index (χ4n) is 2.48. The number of nitrogens with zero attached hydrogens (tertiary/aromatic N) is 1. The minimum absolute atomic E-state index is 0.115. The number of benzene rings is 1. The quantitative estimate of drug-likeness (QED) is 0.853. The first-order valence-corrected chi connectivity index (χ1v) is 8.30. The summed E-state index contributed by atoms with van der Waals surface area (Å²) >= 11 is 0. The number of nitrogens with one attached hydrogen (secondary N) is 1. The molecule has 1 aromatic carbocycles. The van der Waals surface area contributed by atoms with Crippen LogP contribution in [0.5, 0.6) is 0 Å². The van der Waals surface area contributed by atoms with E-state index < -0.39 is 5.60 Å². The summed E-state index contributed by atoms with van der Waals surface area (Å²) < 4.78 is 0. The second-order valence-electron chi connectivity index (χ2n) is 6.91. The van der Waals surface area contributed by atoms with Gasteiger partial charge in [-0.05, 0) is 70.4 Å². The largest absolute Gasteiger partial charge is 0.390 e. The molecule has 0 fully saturated rings. The fraction of sp³-hybridized carbons (Fsp3) is 0.400. The number of hydrogen-bond acceptors (Lipinski definition) is 3. The SMILES string of the molecule is Cc1cccc(C(C)NC(=O)c2cccc(CCC(C)(C)O)c2)n1. The van der Waals surface area contributed by atoms with Gasteiger partial charge in [0.15, 0.2) is 0 Å². The first-order chi connectivity index (χ1) is 11.2. The van der Waals surface area contributed by atoms with Crippen molar-refractivity contribution in [3.63, 3.8) is 0 Å². The van der Waals surface area contributed by atoms with E-state index in [9.17, 15) is 9.90 Å². The van der Waals surface area contributed by atoms with Gasteiger partial charge in [0.2, 0.25) is 0 Å². The van der Waals surface area contributed by atoms with Crippen LogP contribution in [-0.2, 0) is 6.42 Å². The van der Waals surface area contributed by atoms with Gasteiger partial charge in [-0.1, -0.05) is 18.2 Å². The zero-order valence-corrected chi connectivity index (χ0v) is 14.8. The van der Waals surface area contributed by atoms with Crippen LogP contribution in [0.2, 0.25) is 0 Å². The average molecular weight is 326 g/mol. The van der Waals surface area contributed by atoms with Gasteiger partial charge in [-0.25, -0.2) is 0 Å². The maximum Gasteiger partial charge on any atom is 0.251 e. The number of amides is 1. The van der Waals surface area contributed by atoms with Gasteiger partial charge in [-0.15, -0.1) is 0 Å². The van der Waals surface area contributed by atoms with Crippen molar-refractivity contribution in [2.75, 3.05) is 0 Å². The molecule has 1 aromatic heterocycles. The van der Waals surface area contributed by atoms with E-state index in [2.05, 4.69) is 10.3 Å². The predicted octanol–water partition coefficient (Wildman–Crippen LogP) is 3.58. The third kappa shape index (κ3) is 5.46. The molecule has 1 amide bonds. The molecule has 2 N–H and O–H groups in total. The Morgan fingerprint density at radius 2 is 1.96 bits per heavy atom. The first kappa shape index (κ1) is 18.1. The van der Waals surface area contributed by atoms with Gasteiger partial charge in [0.25, 0.3) is 5.91 Å². The minimum Gasteiger partial charge on any atom is -0.390 e. The Morgan fingerprint density at radius 1 is 1.25 bits per heavy atom. The number of carbonyl (C=O) groups is 1. The Labute approximate surface area is 143 Å². The summed E-state index contributed by atoms with van der Waals surface area (Å²) in [5.41, 5.74) is 2.75. The summed E-state index contributed by atoms with van der Waals surface area (Å²) in [4.78, 5) is 16.9. The Kier molecular flexibility index (Phi) is 5.73. The molecule has 128 valence electrons. The number of pyridine rings is 1. The maximum absolute atomic E-state index is 12.5. The second-order valence-corrected chi connectivity index (χ2v) is 6.91. The fourth-order valence-corrected chi connectivity index (χ4v) is 2.48. The van der Waals surface area contributed by atoms with E-state index in [0.717, 1.165) is 23.4 Å². The lowest BCUT2D eigenvalue weighted by Crippen LogP contribution is -2.27. The van der Waals surface area contributed by atoms with E-state index in [-0.39, 0.29) is 11.9 Å². The van der Waals surface area contributed by atoms with Crippen LogP contribution < -0.4 is 5.32 Å². The van der Waals surface area contributed by atoms with Gasteiger partial charge in [-0.2, -0.15) is 0 Å². The predicted molar refractivity (Wildman–Crippen MR) is 95.9 cm³/mol. The van der Waals surface area contributed by atoms with Crippen molar-refractivity contribution in [1.29, 1.82) is 0 Å². The van der Waals surface area contributed by atoms with Crippen LogP contribution in [-0.4, -0.2) is 21.6 Å². The molecule has 4 nitrogen and oxygen atoms in total. The molecule has 0 aliphatic carbocycles. The minimum atomic E-state index is -0.705. The van der Waals surface area contributed by atoms with Gasteiger partial charge < -0.3 is 10.4 Å².